The molecule has 0 amide bonds. The van der Waals surface area contributed by atoms with E-state index in [-0.39, 0.29) is 0 Å². The number of hydrogen-bond donors (Lipinski definition) is 1. The summed E-state index contributed by atoms with van der Waals surface area (Å²) in [5, 5.41) is 7.88. The van der Waals surface area contributed by atoms with Crippen molar-refractivity contribution in [2.45, 2.75) is 46.3 Å². The van der Waals surface area contributed by atoms with Gasteiger partial charge in [-0.25, -0.2) is 0 Å². The first-order valence-corrected chi connectivity index (χ1v) is 7.00. The maximum absolute atomic E-state index is 4.34. The highest BCUT2D eigenvalue weighted by molar-refractivity contribution is 5.23. The van der Waals surface area contributed by atoms with Crippen molar-refractivity contribution in [3.63, 3.8) is 0 Å². The molecule has 1 aromatic carbocycles. The van der Waals surface area contributed by atoms with Crippen LogP contribution in [0.3, 0.4) is 0 Å². The summed E-state index contributed by atoms with van der Waals surface area (Å²) < 4.78 is 2.01. The Kier molecular flexibility index (Phi) is 4.74. The second-order valence-corrected chi connectivity index (χ2v) is 5.12. The topological polar surface area (TPSA) is 29.9 Å². The van der Waals surface area contributed by atoms with Gasteiger partial charge in [-0.1, -0.05) is 36.8 Å². The molecule has 0 radical (unpaired) electrons. The second-order valence-electron chi connectivity index (χ2n) is 5.12. The number of aryl methyl sites for hydroxylation is 2. The Balaban J connectivity index is 1.88. The van der Waals surface area contributed by atoms with Gasteiger partial charge in [0.1, 0.15) is 0 Å². The normalized spacial score (nSPS) is 12.6. The first-order chi connectivity index (χ1) is 9.19. The lowest BCUT2D eigenvalue weighted by molar-refractivity contribution is 0.572. The number of hydrogen-bond acceptors (Lipinski definition) is 2. The third-order valence-corrected chi connectivity index (χ3v) is 3.33. The zero-order chi connectivity index (χ0) is 13.7. The van der Waals surface area contributed by atoms with E-state index >= 15 is 0 Å². The molecule has 0 saturated heterocycles. The molecule has 0 saturated carbocycles. The summed E-state index contributed by atoms with van der Waals surface area (Å²) in [5.74, 6) is 0. The first-order valence-electron chi connectivity index (χ1n) is 7.00. The van der Waals surface area contributed by atoms with E-state index in [1.54, 1.807) is 0 Å². The number of nitrogens with zero attached hydrogens (tertiary/aromatic N) is 2. The Morgan fingerprint density at radius 3 is 2.68 bits per heavy atom. The SMILES string of the molecule is CCCn1cc(CN[C@H](C)c2ccc(C)cc2)cn1. The molecule has 0 aliphatic heterocycles. The summed E-state index contributed by atoms with van der Waals surface area (Å²) in [6.45, 7) is 8.33. The third kappa shape index (κ3) is 3.93. The third-order valence-electron chi connectivity index (χ3n) is 3.33. The average molecular weight is 257 g/mol. The molecule has 3 nitrogen and oxygen atoms in total. The van der Waals surface area contributed by atoms with E-state index in [0.29, 0.717) is 6.04 Å². The van der Waals surface area contributed by atoms with Crippen LogP contribution in [0.5, 0.6) is 0 Å². The molecule has 1 atom stereocenters. The molecule has 0 aliphatic carbocycles. The van der Waals surface area contributed by atoms with E-state index < -0.39 is 0 Å². The van der Waals surface area contributed by atoms with Crippen LogP contribution in [-0.2, 0) is 13.1 Å². The highest BCUT2D eigenvalue weighted by Gasteiger charge is 2.05. The van der Waals surface area contributed by atoms with Crippen LogP contribution in [0, 0.1) is 6.92 Å². The van der Waals surface area contributed by atoms with Crippen molar-refractivity contribution in [2.75, 3.05) is 0 Å². The van der Waals surface area contributed by atoms with Crippen LogP contribution in [0.1, 0.15) is 43.0 Å². The lowest BCUT2D eigenvalue weighted by Crippen LogP contribution is -2.17. The van der Waals surface area contributed by atoms with Crippen molar-refractivity contribution >= 4 is 0 Å². The second kappa shape index (κ2) is 6.53. The highest BCUT2D eigenvalue weighted by atomic mass is 15.3. The first kappa shape index (κ1) is 13.8. The monoisotopic (exact) mass is 257 g/mol. The van der Waals surface area contributed by atoms with E-state index in [0.717, 1.165) is 19.5 Å². The Bertz CT molecular complexity index is 499. The van der Waals surface area contributed by atoms with E-state index in [4.69, 9.17) is 0 Å². The van der Waals surface area contributed by atoms with E-state index in [1.807, 2.05) is 10.9 Å². The summed E-state index contributed by atoms with van der Waals surface area (Å²) in [6.07, 6.45) is 5.19. The van der Waals surface area contributed by atoms with Crippen LogP contribution < -0.4 is 5.32 Å². The zero-order valence-electron chi connectivity index (χ0n) is 12.1. The van der Waals surface area contributed by atoms with Gasteiger partial charge in [0.15, 0.2) is 0 Å². The van der Waals surface area contributed by atoms with Crippen molar-refractivity contribution in [1.82, 2.24) is 15.1 Å². The molecule has 102 valence electrons. The molecular formula is C16H23N3. The van der Waals surface area contributed by atoms with Gasteiger partial charge in [-0.15, -0.1) is 0 Å². The van der Waals surface area contributed by atoms with E-state index in [9.17, 15) is 0 Å². The number of benzene rings is 1. The van der Waals surface area contributed by atoms with Gasteiger partial charge < -0.3 is 5.32 Å². The highest BCUT2D eigenvalue weighted by Crippen LogP contribution is 2.13. The number of aromatic nitrogens is 2. The van der Waals surface area contributed by atoms with Gasteiger partial charge in [0.2, 0.25) is 0 Å². The van der Waals surface area contributed by atoms with E-state index in [1.165, 1.54) is 16.7 Å². The fraction of sp³-hybridized carbons (Fsp3) is 0.438. The molecule has 19 heavy (non-hydrogen) atoms. The minimum absolute atomic E-state index is 0.357. The largest absolute Gasteiger partial charge is 0.306 e. The Hall–Kier alpha value is -1.61. The van der Waals surface area contributed by atoms with Crippen LogP contribution >= 0.6 is 0 Å². The quantitative estimate of drug-likeness (QED) is 0.859. The fourth-order valence-corrected chi connectivity index (χ4v) is 2.09. The molecule has 3 heteroatoms. The van der Waals surface area contributed by atoms with Crippen LogP contribution in [0.2, 0.25) is 0 Å². The maximum Gasteiger partial charge on any atom is 0.0534 e. The predicted octanol–water partition coefficient (Wildman–Crippen LogP) is 3.45. The number of nitrogens with one attached hydrogen (secondary N) is 1. The summed E-state index contributed by atoms with van der Waals surface area (Å²) >= 11 is 0. The lowest BCUT2D eigenvalue weighted by atomic mass is 10.1. The van der Waals surface area contributed by atoms with Crippen molar-refractivity contribution < 1.29 is 0 Å². The minimum atomic E-state index is 0.357. The molecule has 2 aromatic rings. The fourth-order valence-electron chi connectivity index (χ4n) is 2.09. The van der Waals surface area contributed by atoms with Crippen LogP contribution in [0.25, 0.3) is 0 Å². The summed E-state index contributed by atoms with van der Waals surface area (Å²) in [7, 11) is 0. The van der Waals surface area contributed by atoms with Gasteiger partial charge in [0.25, 0.3) is 0 Å². The van der Waals surface area contributed by atoms with Crippen molar-refractivity contribution in [3.05, 3.63) is 53.3 Å². The van der Waals surface area contributed by atoms with Crippen LogP contribution in [0.15, 0.2) is 36.7 Å². The van der Waals surface area contributed by atoms with Gasteiger partial charge >= 0.3 is 0 Å². The molecule has 1 N–H and O–H groups in total. The van der Waals surface area contributed by atoms with Crippen LogP contribution in [-0.4, -0.2) is 9.78 Å². The zero-order valence-corrected chi connectivity index (χ0v) is 12.1. The number of rotatable bonds is 6. The van der Waals surface area contributed by atoms with Gasteiger partial charge in [-0.3, -0.25) is 4.68 Å². The van der Waals surface area contributed by atoms with Crippen molar-refractivity contribution in [3.8, 4) is 0 Å². The molecule has 1 heterocycles. The van der Waals surface area contributed by atoms with Crippen LogP contribution in [0.4, 0.5) is 0 Å². The van der Waals surface area contributed by atoms with Gasteiger partial charge in [0, 0.05) is 30.9 Å². The molecule has 0 aliphatic rings. The summed E-state index contributed by atoms with van der Waals surface area (Å²) in [5.41, 5.74) is 3.87. The Morgan fingerprint density at radius 2 is 2.00 bits per heavy atom. The summed E-state index contributed by atoms with van der Waals surface area (Å²) in [6, 6.07) is 9.05. The molecule has 2 rings (SSSR count). The Morgan fingerprint density at radius 1 is 1.26 bits per heavy atom. The maximum atomic E-state index is 4.34. The lowest BCUT2D eigenvalue weighted by Gasteiger charge is -2.13. The molecule has 0 unspecified atom stereocenters. The van der Waals surface area contributed by atoms with Gasteiger partial charge in [-0.05, 0) is 25.8 Å². The Labute approximate surface area is 115 Å². The average Bonchev–Trinajstić information content (AvgIpc) is 2.85. The van der Waals surface area contributed by atoms with Gasteiger partial charge in [0.05, 0.1) is 6.20 Å². The standard InChI is InChI=1S/C16H23N3/c1-4-9-19-12-15(11-18-19)10-17-14(3)16-7-5-13(2)6-8-16/h5-8,11-12,14,17H,4,9-10H2,1-3H3/t14-/m1/s1. The predicted molar refractivity (Wildman–Crippen MR) is 79.0 cm³/mol. The molecule has 0 bridgehead atoms. The smallest absolute Gasteiger partial charge is 0.0534 e. The minimum Gasteiger partial charge on any atom is -0.306 e. The van der Waals surface area contributed by atoms with Crippen molar-refractivity contribution in [1.29, 1.82) is 0 Å². The molecule has 0 spiro atoms. The van der Waals surface area contributed by atoms with Gasteiger partial charge in [-0.2, -0.15) is 5.10 Å². The summed E-state index contributed by atoms with van der Waals surface area (Å²) in [4.78, 5) is 0. The van der Waals surface area contributed by atoms with Crippen molar-refractivity contribution in [2.24, 2.45) is 0 Å². The molecule has 0 fully saturated rings. The molecular weight excluding hydrogens is 234 g/mol. The van der Waals surface area contributed by atoms with E-state index in [2.05, 4.69) is 61.6 Å². The molecule has 1 aromatic heterocycles.